The topological polar surface area (TPSA) is 81.5 Å². The van der Waals surface area contributed by atoms with Gasteiger partial charge in [-0.05, 0) is 55.8 Å². The number of ether oxygens (including phenoxy) is 2. The maximum atomic E-state index is 12.8. The number of nitrogens with one attached hydrogen (secondary N) is 1. The number of nitrogens with zero attached hydrogens (tertiary/aromatic N) is 4. The van der Waals surface area contributed by atoms with Crippen LogP contribution >= 0.6 is 11.8 Å². The molecular weight excluding hydrogens is 426 g/mol. The average molecular weight is 454 g/mol. The van der Waals surface area contributed by atoms with E-state index in [9.17, 15) is 4.79 Å². The Hall–Kier alpha value is -3.04. The van der Waals surface area contributed by atoms with Crippen molar-refractivity contribution in [1.82, 2.24) is 14.8 Å². The molecule has 1 atom stereocenters. The molecule has 168 valence electrons. The molecule has 0 spiro atoms. The van der Waals surface area contributed by atoms with Gasteiger partial charge in [-0.25, -0.2) is 0 Å². The minimum atomic E-state index is -0.373. The molecule has 3 aromatic rings. The predicted octanol–water partition coefficient (Wildman–Crippen LogP) is 3.54. The van der Waals surface area contributed by atoms with Crippen molar-refractivity contribution in [2.24, 2.45) is 0 Å². The maximum absolute atomic E-state index is 12.8. The number of thioether (sulfide) groups is 1. The van der Waals surface area contributed by atoms with Crippen molar-refractivity contribution >= 4 is 29.3 Å². The van der Waals surface area contributed by atoms with E-state index < -0.39 is 0 Å². The number of carbonyl (C=O) groups is 1. The van der Waals surface area contributed by atoms with E-state index in [1.54, 1.807) is 7.11 Å². The highest BCUT2D eigenvalue weighted by Gasteiger charge is 2.25. The Morgan fingerprint density at radius 3 is 2.59 bits per heavy atom. The van der Waals surface area contributed by atoms with E-state index in [1.165, 1.54) is 11.8 Å². The zero-order valence-corrected chi connectivity index (χ0v) is 19.3. The maximum Gasteiger partial charge on any atom is 0.237 e. The van der Waals surface area contributed by atoms with Crippen molar-refractivity contribution in [2.45, 2.75) is 24.3 Å². The lowest BCUT2D eigenvalue weighted by Gasteiger charge is -2.28. The molecule has 1 N–H and O–H groups in total. The average Bonchev–Trinajstić information content (AvgIpc) is 3.23. The second-order valence-corrected chi connectivity index (χ2v) is 8.84. The first-order valence-electron chi connectivity index (χ1n) is 10.5. The molecule has 0 radical (unpaired) electrons. The van der Waals surface area contributed by atoms with Gasteiger partial charge in [-0.15, -0.1) is 10.2 Å². The van der Waals surface area contributed by atoms with Crippen LogP contribution < -0.4 is 15.0 Å². The molecule has 8 nitrogen and oxygen atoms in total. The van der Waals surface area contributed by atoms with Gasteiger partial charge in [0.2, 0.25) is 11.9 Å². The molecular formula is C23H27N5O3S. The number of hydrogen-bond acceptors (Lipinski definition) is 7. The van der Waals surface area contributed by atoms with E-state index >= 15 is 0 Å². The van der Waals surface area contributed by atoms with E-state index in [4.69, 9.17) is 9.47 Å². The molecule has 0 saturated carbocycles. The SMILES string of the molecule is COc1ccc(NC(=O)C(C)Sc2nnc(N3CCOCC3)n2-c2cccc(C)c2)cc1. The van der Waals surface area contributed by atoms with Crippen LogP contribution in [0.1, 0.15) is 12.5 Å². The number of morpholine rings is 1. The molecule has 1 amide bonds. The van der Waals surface area contributed by atoms with Crippen LogP contribution in [0.5, 0.6) is 5.75 Å². The summed E-state index contributed by atoms with van der Waals surface area (Å²) in [5, 5.41) is 12.2. The summed E-state index contributed by atoms with van der Waals surface area (Å²) >= 11 is 1.39. The smallest absolute Gasteiger partial charge is 0.237 e. The number of methoxy groups -OCH3 is 1. The Morgan fingerprint density at radius 1 is 1.16 bits per heavy atom. The van der Waals surface area contributed by atoms with Crippen molar-refractivity contribution in [3.05, 3.63) is 54.1 Å². The van der Waals surface area contributed by atoms with E-state index in [0.717, 1.165) is 41.7 Å². The summed E-state index contributed by atoms with van der Waals surface area (Å²) in [5.41, 5.74) is 2.84. The van der Waals surface area contributed by atoms with Gasteiger partial charge in [0.15, 0.2) is 5.16 Å². The number of aromatic nitrogens is 3. The summed E-state index contributed by atoms with van der Waals surface area (Å²) < 4.78 is 12.7. The minimum absolute atomic E-state index is 0.105. The van der Waals surface area contributed by atoms with Crippen molar-refractivity contribution in [2.75, 3.05) is 43.6 Å². The molecule has 2 heterocycles. The summed E-state index contributed by atoms with van der Waals surface area (Å²) in [6.45, 7) is 6.74. The lowest BCUT2D eigenvalue weighted by Crippen LogP contribution is -2.38. The quantitative estimate of drug-likeness (QED) is 0.548. The normalized spacial score (nSPS) is 14.8. The third-order valence-electron chi connectivity index (χ3n) is 5.18. The van der Waals surface area contributed by atoms with E-state index in [-0.39, 0.29) is 11.2 Å². The number of benzene rings is 2. The van der Waals surface area contributed by atoms with Gasteiger partial charge in [-0.3, -0.25) is 9.36 Å². The number of aryl methyl sites for hydroxylation is 1. The van der Waals surface area contributed by atoms with Gasteiger partial charge in [-0.1, -0.05) is 23.9 Å². The van der Waals surface area contributed by atoms with E-state index in [0.29, 0.717) is 18.4 Å². The van der Waals surface area contributed by atoms with Crippen LogP contribution in [-0.2, 0) is 9.53 Å². The van der Waals surface area contributed by atoms with Crippen molar-refractivity contribution < 1.29 is 14.3 Å². The molecule has 1 saturated heterocycles. The van der Waals surface area contributed by atoms with Crippen LogP contribution in [0.4, 0.5) is 11.6 Å². The van der Waals surface area contributed by atoms with Gasteiger partial charge in [0.25, 0.3) is 0 Å². The van der Waals surface area contributed by atoms with Crippen LogP contribution in [-0.4, -0.2) is 59.3 Å². The van der Waals surface area contributed by atoms with Crippen LogP contribution in [0.15, 0.2) is 53.7 Å². The summed E-state index contributed by atoms with van der Waals surface area (Å²) in [7, 11) is 1.61. The summed E-state index contributed by atoms with van der Waals surface area (Å²) in [4.78, 5) is 15.0. The summed E-state index contributed by atoms with van der Waals surface area (Å²) in [5.74, 6) is 1.41. The first-order valence-corrected chi connectivity index (χ1v) is 11.4. The van der Waals surface area contributed by atoms with Crippen LogP contribution in [0, 0.1) is 6.92 Å². The highest BCUT2D eigenvalue weighted by Crippen LogP contribution is 2.30. The lowest BCUT2D eigenvalue weighted by atomic mass is 10.2. The minimum Gasteiger partial charge on any atom is -0.497 e. The van der Waals surface area contributed by atoms with Crippen LogP contribution in [0.25, 0.3) is 5.69 Å². The summed E-state index contributed by atoms with van der Waals surface area (Å²) in [6.07, 6.45) is 0. The lowest BCUT2D eigenvalue weighted by molar-refractivity contribution is -0.115. The molecule has 0 aliphatic carbocycles. The Bertz CT molecular complexity index is 1060. The number of rotatable bonds is 7. The van der Waals surface area contributed by atoms with E-state index in [1.807, 2.05) is 47.9 Å². The monoisotopic (exact) mass is 453 g/mol. The largest absolute Gasteiger partial charge is 0.497 e. The Kier molecular flexibility index (Phi) is 6.96. The molecule has 1 fully saturated rings. The fourth-order valence-corrected chi connectivity index (χ4v) is 4.29. The zero-order valence-electron chi connectivity index (χ0n) is 18.4. The van der Waals surface area contributed by atoms with Gasteiger partial charge in [0.1, 0.15) is 5.75 Å². The van der Waals surface area contributed by atoms with Crippen molar-refractivity contribution in [3.8, 4) is 11.4 Å². The third-order valence-corrected chi connectivity index (χ3v) is 6.22. The third kappa shape index (κ3) is 5.05. The Labute approximate surface area is 191 Å². The fourth-order valence-electron chi connectivity index (χ4n) is 3.43. The number of carbonyl (C=O) groups excluding carboxylic acids is 1. The highest BCUT2D eigenvalue weighted by atomic mass is 32.2. The van der Waals surface area contributed by atoms with Crippen molar-refractivity contribution in [3.63, 3.8) is 0 Å². The molecule has 1 unspecified atom stereocenters. The Morgan fingerprint density at radius 2 is 1.91 bits per heavy atom. The second-order valence-electron chi connectivity index (χ2n) is 7.53. The van der Waals surface area contributed by atoms with Crippen LogP contribution in [0.3, 0.4) is 0 Å². The number of anilines is 2. The van der Waals surface area contributed by atoms with Gasteiger partial charge < -0.3 is 19.7 Å². The standard InChI is InChI=1S/C23H27N5O3S/c1-16-5-4-6-19(15-16)28-22(27-11-13-31-14-12-27)25-26-23(28)32-17(2)21(29)24-18-7-9-20(30-3)10-8-18/h4-10,15,17H,11-14H2,1-3H3,(H,24,29). The predicted molar refractivity (Wildman–Crippen MR) is 126 cm³/mol. The first-order chi connectivity index (χ1) is 15.5. The Balaban J connectivity index is 1.56. The van der Waals surface area contributed by atoms with Gasteiger partial charge in [-0.2, -0.15) is 0 Å². The highest BCUT2D eigenvalue weighted by molar-refractivity contribution is 8.00. The molecule has 2 aromatic carbocycles. The summed E-state index contributed by atoms with van der Waals surface area (Å²) in [6, 6.07) is 15.5. The molecule has 0 bridgehead atoms. The molecule has 1 aliphatic rings. The molecule has 1 aromatic heterocycles. The van der Waals surface area contributed by atoms with Gasteiger partial charge >= 0.3 is 0 Å². The van der Waals surface area contributed by atoms with Crippen molar-refractivity contribution in [1.29, 1.82) is 0 Å². The molecule has 1 aliphatic heterocycles. The zero-order chi connectivity index (χ0) is 22.5. The first kappa shape index (κ1) is 22.2. The number of amides is 1. The van der Waals surface area contributed by atoms with Gasteiger partial charge in [0.05, 0.1) is 31.3 Å². The van der Waals surface area contributed by atoms with Gasteiger partial charge in [0, 0.05) is 18.8 Å². The number of hydrogen-bond donors (Lipinski definition) is 1. The van der Waals surface area contributed by atoms with Crippen LogP contribution in [0.2, 0.25) is 0 Å². The van der Waals surface area contributed by atoms with E-state index in [2.05, 4.69) is 39.5 Å². The molecule has 9 heteroatoms. The molecule has 4 rings (SSSR count). The fraction of sp³-hybridized carbons (Fsp3) is 0.348. The second kappa shape index (κ2) is 10.1. The molecule has 32 heavy (non-hydrogen) atoms.